The summed E-state index contributed by atoms with van der Waals surface area (Å²) in [5, 5.41) is 13.8. The second-order valence-corrected chi connectivity index (χ2v) is 13.1. The van der Waals surface area contributed by atoms with Gasteiger partial charge in [-0.15, -0.1) is 0 Å². The highest BCUT2D eigenvalue weighted by Crippen LogP contribution is 2.47. The minimum absolute atomic E-state index is 0.0758. The van der Waals surface area contributed by atoms with Crippen molar-refractivity contribution in [3.8, 4) is 6.07 Å². The Morgan fingerprint density at radius 3 is 2.88 bits per heavy atom. The van der Waals surface area contributed by atoms with Crippen molar-refractivity contribution in [2.45, 2.75) is 75.8 Å². The number of likely N-dealkylation sites (N-methyl/N-ethyl adjacent to an activating group) is 1. The van der Waals surface area contributed by atoms with Crippen molar-refractivity contribution in [3.05, 3.63) is 47.0 Å². The summed E-state index contributed by atoms with van der Waals surface area (Å²) >= 11 is 6.27. The molecule has 5 aliphatic rings. The number of hydrogen-bond acceptors (Lipinski definition) is 8. The molecule has 1 N–H and O–H groups in total. The van der Waals surface area contributed by atoms with E-state index >= 15 is 0 Å². The van der Waals surface area contributed by atoms with Crippen LogP contribution in [-0.4, -0.2) is 96.5 Å². The third-order valence-corrected chi connectivity index (χ3v) is 10.6. The van der Waals surface area contributed by atoms with Crippen molar-refractivity contribution >= 4 is 29.1 Å². The Morgan fingerprint density at radius 2 is 2.12 bits per heavy atom. The first-order valence-electron chi connectivity index (χ1n) is 15.3. The topological polar surface area (TPSA) is 101 Å². The molecule has 1 saturated carbocycles. The molecule has 10 heteroatoms. The van der Waals surface area contributed by atoms with E-state index in [0.29, 0.717) is 32.3 Å². The second kappa shape index (κ2) is 12.1. The zero-order valence-corrected chi connectivity index (χ0v) is 25.2. The highest BCUT2D eigenvalue weighted by molar-refractivity contribution is 6.30. The Labute approximate surface area is 253 Å². The number of nitrogens with zero attached hydrogens (tertiary/aromatic N) is 5. The molecule has 6 unspecified atom stereocenters. The number of hydrogen-bond donors (Lipinski definition) is 1. The molecule has 6 rings (SSSR count). The molecule has 0 aromatic heterocycles. The van der Waals surface area contributed by atoms with Gasteiger partial charge in [-0.1, -0.05) is 24.2 Å². The highest BCUT2D eigenvalue weighted by atomic mass is 35.5. The number of ketones is 1. The number of carbonyl (C=O) groups excluding carboxylic acids is 2. The number of aliphatic imine (C=N–C) groups is 1. The van der Waals surface area contributed by atoms with Gasteiger partial charge in [-0.3, -0.25) is 14.9 Å². The molecule has 1 spiro atoms. The number of fused-ring (bicyclic) bond motifs is 2. The lowest BCUT2D eigenvalue weighted by Crippen LogP contribution is -2.66. The fourth-order valence-electron chi connectivity index (χ4n) is 7.91. The van der Waals surface area contributed by atoms with Crippen molar-refractivity contribution in [2.75, 3.05) is 39.8 Å². The number of likely N-dealkylation sites (tertiary alicyclic amines) is 1. The van der Waals surface area contributed by atoms with Crippen LogP contribution in [0.25, 0.3) is 0 Å². The highest BCUT2D eigenvalue weighted by Gasteiger charge is 2.53. The van der Waals surface area contributed by atoms with E-state index in [1.54, 1.807) is 4.90 Å². The van der Waals surface area contributed by atoms with Crippen LogP contribution in [0.3, 0.4) is 0 Å². The Bertz CT molecular complexity index is 1310. The quantitative estimate of drug-likeness (QED) is 0.524. The molecule has 0 radical (unpaired) electrons. The molecule has 3 aliphatic heterocycles. The molecule has 3 heterocycles. The normalized spacial score (nSPS) is 33.1. The molecule has 0 bridgehead atoms. The number of carbonyl (C=O) groups is 2. The number of rotatable bonds is 5. The number of ether oxygens (including phenoxy) is 1. The van der Waals surface area contributed by atoms with Gasteiger partial charge in [0.05, 0.1) is 31.2 Å². The lowest BCUT2D eigenvalue weighted by molar-refractivity contribution is -0.139. The molecule has 6 atom stereocenters. The lowest BCUT2D eigenvalue weighted by Gasteiger charge is -2.51. The minimum Gasteiger partial charge on any atom is -0.356 e. The third kappa shape index (κ3) is 5.50. The maximum atomic E-state index is 14.5. The monoisotopic (exact) mass is 592 g/mol. The van der Waals surface area contributed by atoms with E-state index in [-0.39, 0.29) is 30.1 Å². The molecule has 9 nitrogen and oxygen atoms in total. The number of nitrogens with one attached hydrogen (secondary N) is 1. The van der Waals surface area contributed by atoms with Gasteiger partial charge >= 0.3 is 0 Å². The molecule has 1 amide bonds. The van der Waals surface area contributed by atoms with E-state index in [1.165, 1.54) is 17.2 Å². The lowest BCUT2D eigenvalue weighted by atomic mass is 9.59. The van der Waals surface area contributed by atoms with Crippen LogP contribution in [0.15, 0.2) is 35.8 Å². The largest absolute Gasteiger partial charge is 0.356 e. The van der Waals surface area contributed by atoms with Crippen molar-refractivity contribution in [1.29, 1.82) is 5.26 Å². The van der Waals surface area contributed by atoms with Crippen LogP contribution in [0.5, 0.6) is 0 Å². The van der Waals surface area contributed by atoms with Gasteiger partial charge < -0.3 is 19.4 Å². The average Bonchev–Trinajstić information content (AvgIpc) is 3.42. The Hall–Kier alpha value is -2.77. The summed E-state index contributed by atoms with van der Waals surface area (Å²) in [6, 6.07) is 7.99. The average molecular weight is 593 g/mol. The van der Waals surface area contributed by atoms with E-state index < -0.39 is 17.8 Å². The first-order valence-corrected chi connectivity index (χ1v) is 15.7. The second-order valence-electron chi connectivity index (χ2n) is 12.7. The summed E-state index contributed by atoms with van der Waals surface area (Å²) in [7, 11) is 2.13. The van der Waals surface area contributed by atoms with Gasteiger partial charge in [-0.2, -0.15) is 5.26 Å². The molecule has 1 aromatic rings. The van der Waals surface area contributed by atoms with Crippen molar-refractivity contribution in [2.24, 2.45) is 16.3 Å². The Kier molecular flexibility index (Phi) is 8.43. The molecule has 2 aliphatic carbocycles. The van der Waals surface area contributed by atoms with E-state index in [0.717, 1.165) is 62.3 Å². The van der Waals surface area contributed by atoms with Gasteiger partial charge in [-0.05, 0) is 87.9 Å². The molecular weight excluding hydrogens is 552 g/mol. The summed E-state index contributed by atoms with van der Waals surface area (Å²) in [6.45, 7) is 6.83. The van der Waals surface area contributed by atoms with Crippen LogP contribution >= 0.6 is 11.6 Å². The molecule has 224 valence electrons. The van der Waals surface area contributed by atoms with Crippen LogP contribution < -0.4 is 5.32 Å². The SMILES string of the molecule is C=CC(=O)N1CCN(C2=NC(OCC3CCCN3C)NC3C(=O)C4(CCc5cc(Cl)ccc5C4)CCC23)CC1CC#N. The zero-order chi connectivity index (χ0) is 29.4. The van der Waals surface area contributed by atoms with E-state index in [1.807, 2.05) is 12.1 Å². The van der Waals surface area contributed by atoms with Crippen molar-refractivity contribution < 1.29 is 14.3 Å². The summed E-state index contributed by atoms with van der Waals surface area (Å²) in [6.07, 6.45) is 7.24. The molecule has 2 saturated heterocycles. The first kappa shape index (κ1) is 29.3. The van der Waals surface area contributed by atoms with Crippen LogP contribution in [0, 0.1) is 22.7 Å². The van der Waals surface area contributed by atoms with Crippen LogP contribution in [-0.2, 0) is 27.2 Å². The summed E-state index contributed by atoms with van der Waals surface area (Å²) in [4.78, 5) is 38.4. The van der Waals surface area contributed by atoms with Gasteiger partial charge in [-0.25, -0.2) is 4.99 Å². The number of Topliss-reactive ketones (excluding diaryl/α,β-unsaturated/α-hetero) is 1. The molecular formula is C32H41ClN6O3. The molecule has 3 fully saturated rings. The fourth-order valence-corrected chi connectivity index (χ4v) is 8.10. The summed E-state index contributed by atoms with van der Waals surface area (Å²) < 4.78 is 6.39. The van der Waals surface area contributed by atoms with E-state index in [2.05, 4.69) is 40.9 Å². The van der Waals surface area contributed by atoms with E-state index in [9.17, 15) is 14.9 Å². The number of aryl methyl sites for hydroxylation is 1. The third-order valence-electron chi connectivity index (χ3n) is 10.3. The first-order chi connectivity index (χ1) is 20.3. The predicted octanol–water partition coefficient (Wildman–Crippen LogP) is 3.17. The van der Waals surface area contributed by atoms with Crippen LogP contribution in [0.2, 0.25) is 5.02 Å². The summed E-state index contributed by atoms with van der Waals surface area (Å²) in [5.74, 6) is 0.902. The number of amidine groups is 1. The Balaban J connectivity index is 1.26. The number of benzene rings is 1. The number of nitriles is 1. The Morgan fingerprint density at radius 1 is 1.26 bits per heavy atom. The van der Waals surface area contributed by atoms with Crippen LogP contribution in [0.1, 0.15) is 49.7 Å². The van der Waals surface area contributed by atoms with Crippen molar-refractivity contribution in [1.82, 2.24) is 20.0 Å². The summed E-state index contributed by atoms with van der Waals surface area (Å²) in [5.41, 5.74) is 2.06. The van der Waals surface area contributed by atoms with Gasteiger partial charge in [0, 0.05) is 42.0 Å². The van der Waals surface area contributed by atoms with E-state index in [4.69, 9.17) is 21.3 Å². The van der Waals surface area contributed by atoms with Gasteiger partial charge in [0.15, 0.2) is 5.78 Å². The maximum absolute atomic E-state index is 14.5. The predicted molar refractivity (Wildman–Crippen MR) is 161 cm³/mol. The standard InChI is InChI=1S/C32H41ClN6O3/c1-3-27(40)39-16-15-38(19-24(39)10-13-34)30-26-9-12-32(11-8-21-17-23(33)7-6-22(21)18-32)29(41)28(26)35-31(36-30)42-20-25-5-4-14-37(25)2/h3,6-7,17,24-26,28,31,35H,1,4-5,8-12,14-16,18-20H2,2H3. The smallest absolute Gasteiger partial charge is 0.246 e. The number of piperazine rings is 1. The van der Waals surface area contributed by atoms with Gasteiger partial charge in [0.2, 0.25) is 12.3 Å². The van der Waals surface area contributed by atoms with Gasteiger partial charge in [0.25, 0.3) is 0 Å². The maximum Gasteiger partial charge on any atom is 0.246 e. The van der Waals surface area contributed by atoms with Gasteiger partial charge in [0.1, 0.15) is 5.84 Å². The molecule has 1 aromatic carbocycles. The van der Waals surface area contributed by atoms with Crippen molar-refractivity contribution in [3.63, 3.8) is 0 Å². The minimum atomic E-state index is -0.619. The zero-order valence-electron chi connectivity index (χ0n) is 24.4. The number of amides is 1. The van der Waals surface area contributed by atoms with Crippen LogP contribution in [0.4, 0.5) is 0 Å². The molecule has 42 heavy (non-hydrogen) atoms. The fraction of sp³-hybridized carbons (Fsp3) is 0.625. The number of halogens is 1.